The summed E-state index contributed by atoms with van der Waals surface area (Å²) >= 11 is 13.9. The molecule has 0 aliphatic heterocycles. The van der Waals surface area contributed by atoms with Crippen LogP contribution in [-0.4, -0.2) is 11.9 Å². The van der Waals surface area contributed by atoms with Crippen LogP contribution in [-0.2, 0) is 11.3 Å². The Morgan fingerprint density at radius 2 is 1.93 bits per heavy atom. The summed E-state index contributed by atoms with van der Waals surface area (Å²) in [6, 6.07) is 7.92. The molecule has 1 amide bonds. The number of anilines is 2. The number of thiophene rings is 1. The van der Waals surface area contributed by atoms with Crippen molar-refractivity contribution in [1.82, 2.24) is 0 Å². The Kier molecular flexibility index (Phi) is 8.39. The number of halogens is 2. The summed E-state index contributed by atoms with van der Waals surface area (Å²) in [6.45, 7) is 10.7. The highest BCUT2D eigenvalue weighted by molar-refractivity contribution is 7.20. The summed E-state index contributed by atoms with van der Waals surface area (Å²) in [7, 11) is 0. The largest absolute Gasteiger partial charge is 0.356 e. The van der Waals surface area contributed by atoms with E-state index in [0.29, 0.717) is 27.2 Å². The molecule has 156 valence electrons. The molecule has 2 aromatic rings. The quantitative estimate of drug-likeness (QED) is 0.468. The fraction of sp³-hybridized carbons (Fsp3) is 0.455. The van der Waals surface area contributed by atoms with Crippen molar-refractivity contribution in [3.05, 3.63) is 44.9 Å². The predicted molar refractivity (Wildman–Crippen MR) is 124 cm³/mol. The maximum atomic E-state index is 12.6. The van der Waals surface area contributed by atoms with Crippen LogP contribution in [0.4, 0.5) is 10.0 Å². The molecular formula is C22H27Cl2N3OS. The summed E-state index contributed by atoms with van der Waals surface area (Å²) in [6.07, 6.45) is 1.54. The fourth-order valence-electron chi connectivity index (χ4n) is 3.19. The molecule has 1 aromatic heterocycles. The van der Waals surface area contributed by atoms with Crippen molar-refractivity contribution in [1.29, 1.82) is 5.26 Å². The fourth-order valence-corrected chi connectivity index (χ4v) is 4.96. The monoisotopic (exact) mass is 451 g/mol. The number of hydrogen-bond acceptors (Lipinski definition) is 4. The van der Waals surface area contributed by atoms with E-state index in [1.54, 1.807) is 6.07 Å². The van der Waals surface area contributed by atoms with Gasteiger partial charge in [0.05, 0.1) is 10.6 Å². The maximum Gasteiger partial charge on any atom is 0.228 e. The lowest BCUT2D eigenvalue weighted by molar-refractivity contribution is -0.120. The van der Waals surface area contributed by atoms with Gasteiger partial charge in [0.1, 0.15) is 11.1 Å². The van der Waals surface area contributed by atoms with Gasteiger partial charge in [0.25, 0.3) is 0 Å². The maximum absolute atomic E-state index is 12.6. The SMILES string of the molecule is CCC(CC)C(=O)Nc1sc(N(Cc2ccc(Cl)cc2Cl)C(C)C)c(C)c1C#N. The molecule has 0 aliphatic rings. The molecule has 4 nitrogen and oxygen atoms in total. The van der Waals surface area contributed by atoms with Gasteiger partial charge in [-0.1, -0.05) is 54.5 Å². The lowest BCUT2D eigenvalue weighted by Gasteiger charge is -2.29. The third-order valence-electron chi connectivity index (χ3n) is 5.07. The average molecular weight is 452 g/mol. The molecule has 1 N–H and O–H groups in total. The topological polar surface area (TPSA) is 56.1 Å². The van der Waals surface area contributed by atoms with Crippen molar-refractivity contribution >= 4 is 50.4 Å². The van der Waals surface area contributed by atoms with Gasteiger partial charge < -0.3 is 10.2 Å². The highest BCUT2D eigenvalue weighted by atomic mass is 35.5. The van der Waals surface area contributed by atoms with Crippen LogP contribution in [0.2, 0.25) is 10.0 Å². The van der Waals surface area contributed by atoms with Crippen molar-refractivity contribution < 1.29 is 4.79 Å². The van der Waals surface area contributed by atoms with Gasteiger partial charge in [-0.3, -0.25) is 4.79 Å². The average Bonchev–Trinajstić information content (AvgIpc) is 2.96. The highest BCUT2D eigenvalue weighted by Crippen LogP contribution is 2.41. The van der Waals surface area contributed by atoms with Crippen LogP contribution in [0.3, 0.4) is 0 Å². The molecule has 1 heterocycles. The van der Waals surface area contributed by atoms with Gasteiger partial charge in [0.15, 0.2) is 0 Å². The number of rotatable bonds is 8. The molecule has 2 rings (SSSR count). The third-order valence-corrected chi connectivity index (χ3v) is 6.90. The van der Waals surface area contributed by atoms with Crippen LogP contribution in [0.1, 0.15) is 57.2 Å². The number of hydrogen-bond donors (Lipinski definition) is 1. The minimum atomic E-state index is -0.0542. The molecule has 0 saturated carbocycles. The number of amides is 1. The molecule has 0 saturated heterocycles. The normalized spacial score (nSPS) is 11.0. The van der Waals surface area contributed by atoms with Gasteiger partial charge in [0.2, 0.25) is 5.91 Å². The lowest BCUT2D eigenvalue weighted by Crippen LogP contribution is -2.30. The number of nitrogens with zero attached hydrogens (tertiary/aromatic N) is 2. The highest BCUT2D eigenvalue weighted by Gasteiger charge is 2.24. The number of nitrogens with one attached hydrogen (secondary N) is 1. The first-order valence-electron chi connectivity index (χ1n) is 9.78. The van der Waals surface area contributed by atoms with Crippen LogP contribution < -0.4 is 10.2 Å². The molecule has 0 atom stereocenters. The Labute approximate surface area is 187 Å². The Balaban J connectivity index is 2.41. The van der Waals surface area contributed by atoms with E-state index >= 15 is 0 Å². The van der Waals surface area contributed by atoms with Gasteiger partial charge in [-0.05, 0) is 51.3 Å². The van der Waals surface area contributed by atoms with E-state index in [2.05, 4.69) is 30.1 Å². The molecule has 1 aromatic carbocycles. The molecule has 0 spiro atoms. The second-order valence-corrected chi connectivity index (χ2v) is 9.15. The summed E-state index contributed by atoms with van der Waals surface area (Å²) in [5.41, 5.74) is 2.35. The molecular weight excluding hydrogens is 425 g/mol. The molecule has 0 aliphatic carbocycles. The second kappa shape index (κ2) is 10.3. The lowest BCUT2D eigenvalue weighted by atomic mass is 10.0. The smallest absolute Gasteiger partial charge is 0.228 e. The minimum absolute atomic E-state index is 0.0313. The minimum Gasteiger partial charge on any atom is -0.356 e. The molecule has 7 heteroatoms. The zero-order chi connectivity index (χ0) is 21.7. The van der Waals surface area contributed by atoms with E-state index in [1.807, 2.05) is 32.9 Å². The zero-order valence-corrected chi connectivity index (χ0v) is 19.8. The van der Waals surface area contributed by atoms with E-state index in [9.17, 15) is 10.1 Å². The number of carbonyl (C=O) groups is 1. The van der Waals surface area contributed by atoms with Gasteiger partial charge in [0, 0.05) is 34.1 Å². The van der Waals surface area contributed by atoms with E-state index in [-0.39, 0.29) is 17.9 Å². The van der Waals surface area contributed by atoms with E-state index < -0.39 is 0 Å². The Morgan fingerprint density at radius 3 is 2.45 bits per heavy atom. The number of carbonyl (C=O) groups excluding carboxylic acids is 1. The molecule has 0 fully saturated rings. The summed E-state index contributed by atoms with van der Waals surface area (Å²) in [4.78, 5) is 14.8. The molecule has 29 heavy (non-hydrogen) atoms. The van der Waals surface area contributed by atoms with Crippen LogP contribution in [0.25, 0.3) is 0 Å². The summed E-state index contributed by atoms with van der Waals surface area (Å²) < 4.78 is 0. The van der Waals surface area contributed by atoms with Gasteiger partial charge in [-0.15, -0.1) is 0 Å². The van der Waals surface area contributed by atoms with E-state index in [1.165, 1.54) is 11.3 Å². The molecule has 0 bridgehead atoms. The predicted octanol–water partition coefficient (Wildman–Crippen LogP) is 7.02. The Hall–Kier alpha value is -1.74. The van der Waals surface area contributed by atoms with Gasteiger partial charge >= 0.3 is 0 Å². The molecule has 0 unspecified atom stereocenters. The Morgan fingerprint density at radius 1 is 1.28 bits per heavy atom. The first kappa shape index (κ1) is 23.5. The standard InChI is InChI=1S/C22H27Cl2N3OS/c1-6-15(7-2)20(28)26-21-18(11-25)14(5)22(29-21)27(13(3)4)12-16-8-9-17(23)10-19(16)24/h8-10,13,15H,6-7,12H2,1-5H3,(H,26,28). The van der Waals surface area contributed by atoms with Crippen LogP contribution in [0.5, 0.6) is 0 Å². The number of benzene rings is 1. The number of nitriles is 1. The Bertz CT molecular complexity index is 914. The van der Waals surface area contributed by atoms with Crippen LogP contribution >= 0.6 is 34.5 Å². The van der Waals surface area contributed by atoms with E-state index in [0.717, 1.165) is 29.0 Å². The molecule has 0 radical (unpaired) electrons. The van der Waals surface area contributed by atoms with Crippen molar-refractivity contribution in [2.24, 2.45) is 5.92 Å². The summed E-state index contributed by atoms with van der Waals surface area (Å²) in [5.74, 6) is -0.0855. The third kappa shape index (κ3) is 5.45. The van der Waals surface area contributed by atoms with Crippen molar-refractivity contribution in [2.45, 2.75) is 60.0 Å². The first-order chi connectivity index (χ1) is 13.7. The van der Waals surface area contributed by atoms with E-state index in [4.69, 9.17) is 23.2 Å². The van der Waals surface area contributed by atoms with Crippen LogP contribution in [0, 0.1) is 24.2 Å². The zero-order valence-electron chi connectivity index (χ0n) is 17.5. The first-order valence-corrected chi connectivity index (χ1v) is 11.4. The van der Waals surface area contributed by atoms with Gasteiger partial charge in [-0.2, -0.15) is 5.26 Å². The van der Waals surface area contributed by atoms with Gasteiger partial charge in [-0.25, -0.2) is 0 Å². The van der Waals surface area contributed by atoms with Crippen molar-refractivity contribution in [3.8, 4) is 6.07 Å². The van der Waals surface area contributed by atoms with Crippen molar-refractivity contribution in [2.75, 3.05) is 10.2 Å². The second-order valence-electron chi connectivity index (χ2n) is 7.31. The van der Waals surface area contributed by atoms with Crippen LogP contribution in [0.15, 0.2) is 18.2 Å². The van der Waals surface area contributed by atoms with Crippen molar-refractivity contribution in [3.63, 3.8) is 0 Å². The summed E-state index contributed by atoms with van der Waals surface area (Å²) in [5, 5.41) is 15.5.